The summed E-state index contributed by atoms with van der Waals surface area (Å²) in [6, 6.07) is 24.9. The van der Waals surface area contributed by atoms with E-state index in [2.05, 4.69) is 11.9 Å². The van der Waals surface area contributed by atoms with Crippen molar-refractivity contribution in [3.63, 3.8) is 0 Å². The summed E-state index contributed by atoms with van der Waals surface area (Å²) in [5.74, 6) is -0.218. The lowest BCUT2D eigenvalue weighted by atomic mass is 10.0. The highest BCUT2D eigenvalue weighted by Crippen LogP contribution is 2.26. The van der Waals surface area contributed by atoms with Crippen LogP contribution in [-0.4, -0.2) is 29.9 Å². The Morgan fingerprint density at radius 3 is 2.25 bits per heavy atom. The van der Waals surface area contributed by atoms with E-state index in [1.54, 1.807) is 30.3 Å². The highest BCUT2D eigenvalue weighted by Gasteiger charge is 2.31. The minimum absolute atomic E-state index is 0.243. The second-order valence-corrected chi connectivity index (χ2v) is 7.48. The Kier molecular flexibility index (Phi) is 8.46. The summed E-state index contributed by atoms with van der Waals surface area (Å²) in [7, 11) is 0. The summed E-state index contributed by atoms with van der Waals surface area (Å²) in [5, 5.41) is 3.24. The molecule has 1 N–H and O–H groups in total. The van der Waals surface area contributed by atoms with Crippen molar-refractivity contribution in [2.45, 2.75) is 12.6 Å². The SMILES string of the molecule is C=CCNC(=O)[C@H](c1ccccc1)N(Cc1ccccc1)C(=O)COc1ccccc1Cl. The Balaban J connectivity index is 1.92. The first-order valence-corrected chi connectivity index (χ1v) is 10.6. The highest BCUT2D eigenvalue weighted by atomic mass is 35.5. The number of ether oxygens (including phenoxy) is 1. The fraction of sp³-hybridized carbons (Fsp3) is 0.154. The van der Waals surface area contributed by atoms with Crippen molar-refractivity contribution in [1.29, 1.82) is 0 Å². The van der Waals surface area contributed by atoms with Crippen molar-refractivity contribution in [1.82, 2.24) is 10.2 Å². The fourth-order valence-corrected chi connectivity index (χ4v) is 3.46. The Labute approximate surface area is 193 Å². The molecule has 0 saturated heterocycles. The molecule has 0 heterocycles. The Bertz CT molecular complexity index is 1040. The van der Waals surface area contributed by atoms with Crippen molar-refractivity contribution in [3.8, 4) is 5.75 Å². The number of rotatable bonds is 10. The maximum Gasteiger partial charge on any atom is 0.261 e. The topological polar surface area (TPSA) is 58.6 Å². The third kappa shape index (κ3) is 6.22. The second-order valence-electron chi connectivity index (χ2n) is 7.07. The van der Waals surface area contributed by atoms with Gasteiger partial charge in [0.25, 0.3) is 5.91 Å². The van der Waals surface area contributed by atoms with Gasteiger partial charge >= 0.3 is 0 Å². The van der Waals surface area contributed by atoms with E-state index < -0.39 is 6.04 Å². The average Bonchev–Trinajstić information content (AvgIpc) is 2.83. The molecule has 0 aliphatic heterocycles. The van der Waals surface area contributed by atoms with Crippen LogP contribution in [0.5, 0.6) is 5.75 Å². The van der Waals surface area contributed by atoms with Crippen molar-refractivity contribution < 1.29 is 14.3 Å². The zero-order valence-corrected chi connectivity index (χ0v) is 18.4. The van der Waals surface area contributed by atoms with Crippen molar-refractivity contribution >= 4 is 23.4 Å². The third-order valence-corrected chi connectivity index (χ3v) is 5.11. The average molecular weight is 449 g/mol. The normalized spacial score (nSPS) is 11.3. The molecule has 0 aliphatic rings. The van der Waals surface area contributed by atoms with Crippen LogP contribution in [0.15, 0.2) is 97.6 Å². The number of carbonyl (C=O) groups is 2. The summed E-state index contributed by atoms with van der Waals surface area (Å²) >= 11 is 6.16. The molecule has 0 aromatic heterocycles. The number of carbonyl (C=O) groups excluding carboxylic acids is 2. The zero-order chi connectivity index (χ0) is 22.8. The summed E-state index contributed by atoms with van der Waals surface area (Å²) < 4.78 is 5.69. The van der Waals surface area contributed by atoms with E-state index in [0.717, 1.165) is 5.56 Å². The van der Waals surface area contributed by atoms with Gasteiger partial charge in [-0.1, -0.05) is 90.5 Å². The fourth-order valence-electron chi connectivity index (χ4n) is 3.27. The highest BCUT2D eigenvalue weighted by molar-refractivity contribution is 6.32. The van der Waals surface area contributed by atoms with E-state index in [1.807, 2.05) is 60.7 Å². The Morgan fingerprint density at radius 2 is 1.59 bits per heavy atom. The molecule has 0 bridgehead atoms. The molecule has 0 spiro atoms. The van der Waals surface area contributed by atoms with Crippen LogP contribution in [0.4, 0.5) is 0 Å². The van der Waals surface area contributed by atoms with Crippen molar-refractivity contribution in [2.75, 3.05) is 13.2 Å². The molecular weight excluding hydrogens is 424 g/mol. The number of para-hydroxylation sites is 1. The number of nitrogens with zero attached hydrogens (tertiary/aromatic N) is 1. The molecule has 0 aliphatic carbocycles. The number of nitrogens with one attached hydrogen (secondary N) is 1. The van der Waals surface area contributed by atoms with Crippen LogP contribution in [0.25, 0.3) is 0 Å². The summed E-state index contributed by atoms with van der Waals surface area (Å²) in [6.07, 6.45) is 1.60. The molecule has 0 fully saturated rings. The number of halogens is 1. The van der Waals surface area contributed by atoms with Gasteiger partial charge in [0.2, 0.25) is 5.91 Å². The van der Waals surface area contributed by atoms with Gasteiger partial charge in [-0.15, -0.1) is 6.58 Å². The van der Waals surface area contributed by atoms with Gasteiger partial charge < -0.3 is 15.0 Å². The maximum atomic E-state index is 13.4. The minimum atomic E-state index is -0.835. The minimum Gasteiger partial charge on any atom is -0.482 e. The second kappa shape index (κ2) is 11.7. The van der Waals surface area contributed by atoms with Gasteiger partial charge in [-0.05, 0) is 23.3 Å². The van der Waals surface area contributed by atoms with Gasteiger partial charge in [-0.25, -0.2) is 0 Å². The molecule has 5 nitrogen and oxygen atoms in total. The van der Waals surface area contributed by atoms with Crippen LogP contribution in [0.1, 0.15) is 17.2 Å². The van der Waals surface area contributed by atoms with Gasteiger partial charge in [-0.3, -0.25) is 9.59 Å². The van der Waals surface area contributed by atoms with Crippen LogP contribution < -0.4 is 10.1 Å². The molecule has 3 aromatic carbocycles. The van der Waals surface area contributed by atoms with Gasteiger partial charge in [0, 0.05) is 13.1 Å². The molecule has 1 atom stereocenters. The molecule has 32 heavy (non-hydrogen) atoms. The molecule has 3 aromatic rings. The summed E-state index contributed by atoms with van der Waals surface area (Å²) in [5.41, 5.74) is 1.60. The zero-order valence-electron chi connectivity index (χ0n) is 17.6. The molecule has 164 valence electrons. The van der Waals surface area contributed by atoms with E-state index in [0.29, 0.717) is 22.9 Å². The summed E-state index contributed by atoms with van der Waals surface area (Å²) in [6.45, 7) is 3.94. The van der Waals surface area contributed by atoms with E-state index >= 15 is 0 Å². The monoisotopic (exact) mass is 448 g/mol. The quantitative estimate of drug-likeness (QED) is 0.453. The predicted octanol–water partition coefficient (Wildman–Crippen LogP) is 4.79. The van der Waals surface area contributed by atoms with Gasteiger partial charge in [0.15, 0.2) is 6.61 Å². The van der Waals surface area contributed by atoms with Gasteiger partial charge in [-0.2, -0.15) is 0 Å². The molecule has 0 radical (unpaired) electrons. The van der Waals surface area contributed by atoms with E-state index in [1.165, 1.54) is 4.90 Å². The Morgan fingerprint density at radius 1 is 0.969 bits per heavy atom. The van der Waals surface area contributed by atoms with Gasteiger partial charge in [0.1, 0.15) is 11.8 Å². The lowest BCUT2D eigenvalue weighted by molar-refractivity contribution is -0.143. The molecule has 0 unspecified atom stereocenters. The lowest BCUT2D eigenvalue weighted by Crippen LogP contribution is -2.45. The third-order valence-electron chi connectivity index (χ3n) is 4.80. The van der Waals surface area contributed by atoms with Crippen LogP contribution in [0.2, 0.25) is 5.02 Å². The molecule has 6 heteroatoms. The van der Waals surface area contributed by atoms with Crippen LogP contribution in [0.3, 0.4) is 0 Å². The van der Waals surface area contributed by atoms with Crippen molar-refractivity contribution in [3.05, 3.63) is 114 Å². The first kappa shape index (κ1) is 23.1. The van der Waals surface area contributed by atoms with Gasteiger partial charge in [0.05, 0.1) is 5.02 Å². The number of benzene rings is 3. The standard InChI is InChI=1S/C26H25ClN2O3/c1-2-17-28-26(31)25(21-13-7-4-8-14-21)29(18-20-11-5-3-6-12-20)24(30)19-32-23-16-10-9-15-22(23)27/h2-16,25H,1,17-19H2,(H,28,31)/t25-/m0/s1. The van der Waals surface area contributed by atoms with Crippen LogP contribution in [-0.2, 0) is 16.1 Å². The first-order valence-electron chi connectivity index (χ1n) is 10.2. The molecule has 2 amide bonds. The molecular formula is C26H25ClN2O3. The van der Waals surface area contributed by atoms with E-state index in [-0.39, 0.29) is 25.0 Å². The maximum absolute atomic E-state index is 13.4. The van der Waals surface area contributed by atoms with E-state index in [9.17, 15) is 9.59 Å². The van der Waals surface area contributed by atoms with Crippen LogP contribution >= 0.6 is 11.6 Å². The van der Waals surface area contributed by atoms with Crippen LogP contribution in [0, 0.1) is 0 Å². The largest absolute Gasteiger partial charge is 0.482 e. The number of hydrogen-bond donors (Lipinski definition) is 1. The summed E-state index contributed by atoms with van der Waals surface area (Å²) in [4.78, 5) is 28.1. The first-order chi connectivity index (χ1) is 15.6. The smallest absolute Gasteiger partial charge is 0.261 e. The molecule has 0 saturated carbocycles. The lowest BCUT2D eigenvalue weighted by Gasteiger charge is -2.31. The number of amides is 2. The van der Waals surface area contributed by atoms with E-state index in [4.69, 9.17) is 16.3 Å². The molecule has 3 rings (SSSR count). The Hall–Kier alpha value is -3.57. The van der Waals surface area contributed by atoms with Crippen molar-refractivity contribution in [2.24, 2.45) is 0 Å². The number of hydrogen-bond acceptors (Lipinski definition) is 3. The predicted molar refractivity (Wildman–Crippen MR) is 126 cm³/mol.